The lowest BCUT2D eigenvalue weighted by Crippen LogP contribution is -2.39. The molecule has 9 heteroatoms. The number of hydrogen-bond donors (Lipinski definition) is 0. The number of aromatic nitrogens is 5. The summed E-state index contributed by atoms with van der Waals surface area (Å²) >= 11 is 0. The minimum Gasteiger partial charge on any atom is -0.493 e. The van der Waals surface area contributed by atoms with Gasteiger partial charge in [-0.2, -0.15) is 0 Å². The van der Waals surface area contributed by atoms with Gasteiger partial charge < -0.3 is 14.4 Å². The van der Waals surface area contributed by atoms with E-state index in [2.05, 4.69) is 20.2 Å². The van der Waals surface area contributed by atoms with E-state index in [1.807, 2.05) is 53.4 Å². The molecule has 2 aromatic carbocycles. The van der Waals surface area contributed by atoms with Crippen LogP contribution in [-0.2, 0) is 0 Å². The maximum atomic E-state index is 13.4. The Kier molecular flexibility index (Phi) is 6.15. The van der Waals surface area contributed by atoms with Crippen molar-refractivity contribution in [3.05, 3.63) is 84.8 Å². The monoisotopic (exact) mass is 456 g/mol. The van der Waals surface area contributed by atoms with Gasteiger partial charge in [0.2, 0.25) is 5.88 Å². The first-order valence-corrected chi connectivity index (χ1v) is 11.1. The zero-order chi connectivity index (χ0) is 23.3. The summed E-state index contributed by atoms with van der Waals surface area (Å²) in [7, 11) is 1.60. The quantitative estimate of drug-likeness (QED) is 0.434. The second-order valence-electron chi connectivity index (χ2n) is 8.01. The zero-order valence-corrected chi connectivity index (χ0v) is 18.7. The summed E-state index contributed by atoms with van der Waals surface area (Å²) in [6.45, 7) is 1.23. The highest BCUT2D eigenvalue weighted by atomic mass is 16.5. The second kappa shape index (κ2) is 9.70. The van der Waals surface area contributed by atoms with Crippen molar-refractivity contribution in [2.75, 3.05) is 20.2 Å². The first kappa shape index (κ1) is 21.6. The van der Waals surface area contributed by atoms with E-state index in [0.29, 0.717) is 36.0 Å². The van der Waals surface area contributed by atoms with Crippen LogP contribution in [-0.4, -0.2) is 55.7 Å². The maximum Gasteiger partial charge on any atom is 0.253 e. The maximum absolute atomic E-state index is 13.4. The minimum atomic E-state index is -0.0179. The molecule has 3 heterocycles. The Labute approximate surface area is 197 Å². The van der Waals surface area contributed by atoms with Crippen LogP contribution < -0.4 is 9.47 Å². The molecule has 0 radical (unpaired) electrons. The molecule has 1 atom stereocenters. The molecule has 0 saturated carbocycles. The Morgan fingerprint density at radius 1 is 1.00 bits per heavy atom. The van der Waals surface area contributed by atoms with E-state index in [1.54, 1.807) is 36.7 Å². The Morgan fingerprint density at radius 2 is 1.79 bits per heavy atom. The van der Waals surface area contributed by atoms with Gasteiger partial charge in [-0.3, -0.25) is 14.3 Å². The fraction of sp³-hybridized carbons (Fsp3) is 0.240. The number of amides is 1. The lowest BCUT2D eigenvalue weighted by Gasteiger charge is -2.33. The molecular weight excluding hydrogens is 432 g/mol. The molecule has 9 nitrogen and oxygen atoms in total. The molecule has 0 N–H and O–H groups in total. The molecular formula is C25H24N6O3. The number of carbonyl (C=O) groups excluding carboxylic acids is 1. The lowest BCUT2D eigenvalue weighted by atomic mass is 9.94. The molecule has 4 aromatic rings. The van der Waals surface area contributed by atoms with E-state index < -0.39 is 0 Å². The predicted molar refractivity (Wildman–Crippen MR) is 124 cm³/mol. The van der Waals surface area contributed by atoms with Crippen LogP contribution in [0.5, 0.6) is 17.4 Å². The number of ether oxygens (including phenoxy) is 2. The molecule has 1 saturated heterocycles. The van der Waals surface area contributed by atoms with E-state index in [4.69, 9.17) is 9.47 Å². The summed E-state index contributed by atoms with van der Waals surface area (Å²) in [4.78, 5) is 24.3. The first-order chi connectivity index (χ1) is 16.7. The van der Waals surface area contributed by atoms with Crippen LogP contribution in [0.2, 0.25) is 0 Å². The Balaban J connectivity index is 1.36. The molecule has 1 fully saturated rings. The number of para-hydroxylation sites is 2. The standard InChI is InChI=1S/C25H24N6O3/c1-33-21-9-2-3-10-22(21)34-24-23(26-11-12-27-24)19-7-5-13-30(15-19)25(32)18-6-4-8-20(14-18)31-16-28-29-17-31/h2-4,6,8-12,14,16-17,19H,5,7,13,15H2,1H3/t19-/m1/s1. The Hall–Kier alpha value is -4.27. The molecule has 1 aliphatic rings. The van der Waals surface area contributed by atoms with Crippen LogP contribution in [0.3, 0.4) is 0 Å². The van der Waals surface area contributed by atoms with Crippen LogP contribution >= 0.6 is 0 Å². The van der Waals surface area contributed by atoms with Crippen molar-refractivity contribution in [1.29, 1.82) is 0 Å². The van der Waals surface area contributed by atoms with Gasteiger partial charge in [0.1, 0.15) is 18.3 Å². The molecule has 5 rings (SSSR count). The normalized spacial score (nSPS) is 15.7. The number of rotatable bonds is 6. The van der Waals surface area contributed by atoms with Gasteiger partial charge in [0, 0.05) is 42.7 Å². The molecule has 0 spiro atoms. The molecule has 0 aliphatic carbocycles. The summed E-state index contributed by atoms with van der Waals surface area (Å²) in [5, 5.41) is 7.68. The highest BCUT2D eigenvalue weighted by Gasteiger charge is 2.29. The van der Waals surface area contributed by atoms with Gasteiger partial charge in [-0.15, -0.1) is 10.2 Å². The van der Waals surface area contributed by atoms with Gasteiger partial charge in [0.15, 0.2) is 11.5 Å². The summed E-state index contributed by atoms with van der Waals surface area (Å²) in [5.41, 5.74) is 2.20. The number of nitrogens with zero attached hydrogens (tertiary/aromatic N) is 6. The van der Waals surface area contributed by atoms with E-state index >= 15 is 0 Å². The fourth-order valence-corrected chi connectivity index (χ4v) is 4.20. The van der Waals surface area contributed by atoms with Gasteiger partial charge in [-0.05, 0) is 43.2 Å². The molecule has 1 aliphatic heterocycles. The number of likely N-dealkylation sites (tertiary alicyclic amines) is 1. The van der Waals surface area contributed by atoms with E-state index in [9.17, 15) is 4.79 Å². The summed E-state index contributed by atoms with van der Waals surface area (Å²) in [5.74, 6) is 1.61. The van der Waals surface area contributed by atoms with Crippen molar-refractivity contribution >= 4 is 5.91 Å². The third kappa shape index (κ3) is 4.45. The van der Waals surface area contributed by atoms with Crippen LogP contribution in [0, 0.1) is 0 Å². The summed E-state index contributed by atoms with van der Waals surface area (Å²) < 4.78 is 13.3. The fourth-order valence-electron chi connectivity index (χ4n) is 4.20. The Morgan fingerprint density at radius 3 is 2.62 bits per heavy atom. The average Bonchev–Trinajstić information content (AvgIpc) is 3.44. The number of benzene rings is 2. The van der Waals surface area contributed by atoms with E-state index in [1.165, 1.54) is 0 Å². The van der Waals surface area contributed by atoms with Crippen molar-refractivity contribution in [3.8, 4) is 23.1 Å². The SMILES string of the molecule is COc1ccccc1Oc1nccnc1[C@@H]1CCCN(C(=O)c2cccc(-n3cnnc3)c2)C1. The molecule has 1 amide bonds. The van der Waals surface area contributed by atoms with Crippen molar-refractivity contribution < 1.29 is 14.3 Å². The summed E-state index contributed by atoms with van der Waals surface area (Å²) in [6, 6.07) is 14.9. The highest BCUT2D eigenvalue weighted by Crippen LogP contribution is 2.36. The van der Waals surface area contributed by atoms with Gasteiger partial charge in [-0.25, -0.2) is 4.98 Å². The summed E-state index contributed by atoms with van der Waals surface area (Å²) in [6.07, 6.45) is 8.25. The van der Waals surface area contributed by atoms with Gasteiger partial charge >= 0.3 is 0 Å². The van der Waals surface area contributed by atoms with Crippen molar-refractivity contribution in [2.24, 2.45) is 0 Å². The van der Waals surface area contributed by atoms with Crippen molar-refractivity contribution in [3.63, 3.8) is 0 Å². The molecule has 2 aromatic heterocycles. The first-order valence-electron chi connectivity index (χ1n) is 11.1. The molecule has 0 bridgehead atoms. The molecule has 34 heavy (non-hydrogen) atoms. The van der Waals surface area contributed by atoms with Crippen molar-refractivity contribution in [1.82, 2.24) is 29.6 Å². The van der Waals surface area contributed by atoms with Crippen molar-refractivity contribution in [2.45, 2.75) is 18.8 Å². The van der Waals surface area contributed by atoms with Crippen LogP contribution in [0.4, 0.5) is 0 Å². The van der Waals surface area contributed by atoms with E-state index in [-0.39, 0.29) is 11.8 Å². The van der Waals surface area contributed by atoms with Crippen LogP contribution in [0.1, 0.15) is 34.8 Å². The lowest BCUT2D eigenvalue weighted by molar-refractivity contribution is 0.0704. The Bertz CT molecular complexity index is 1280. The highest BCUT2D eigenvalue weighted by molar-refractivity contribution is 5.94. The zero-order valence-electron chi connectivity index (χ0n) is 18.7. The molecule has 0 unspecified atom stereocenters. The number of methoxy groups -OCH3 is 1. The second-order valence-corrected chi connectivity index (χ2v) is 8.01. The topological polar surface area (TPSA) is 95.3 Å². The number of carbonyl (C=O) groups is 1. The van der Waals surface area contributed by atoms with Crippen LogP contribution in [0.25, 0.3) is 5.69 Å². The van der Waals surface area contributed by atoms with Gasteiger partial charge in [-0.1, -0.05) is 18.2 Å². The predicted octanol–water partition coefficient (Wildman–Crippen LogP) is 3.88. The largest absolute Gasteiger partial charge is 0.493 e. The van der Waals surface area contributed by atoms with Gasteiger partial charge in [0.25, 0.3) is 5.91 Å². The third-order valence-electron chi connectivity index (χ3n) is 5.87. The third-order valence-corrected chi connectivity index (χ3v) is 5.87. The number of piperidine rings is 1. The number of hydrogen-bond acceptors (Lipinski definition) is 7. The average molecular weight is 457 g/mol. The van der Waals surface area contributed by atoms with E-state index in [0.717, 1.165) is 24.2 Å². The smallest absolute Gasteiger partial charge is 0.253 e. The van der Waals surface area contributed by atoms with Gasteiger partial charge in [0.05, 0.1) is 7.11 Å². The minimum absolute atomic E-state index is 0.0112. The van der Waals surface area contributed by atoms with Crippen LogP contribution in [0.15, 0.2) is 73.6 Å². The molecule has 172 valence electrons.